The Morgan fingerprint density at radius 2 is 2.05 bits per heavy atom. The van der Waals surface area contributed by atoms with Gasteiger partial charge >= 0.3 is 0 Å². The number of amides is 1. The monoisotopic (exact) mass is 294 g/mol. The number of nitrogens with zero attached hydrogens (tertiary/aromatic N) is 1. The SMILES string of the molecule is CCC1(C)NC(c2ccc(C)s2)N(C(C)C(C)C)C1=O. The summed E-state index contributed by atoms with van der Waals surface area (Å²) in [5.74, 6) is 0.681. The van der Waals surface area contributed by atoms with Crippen molar-refractivity contribution >= 4 is 17.2 Å². The highest BCUT2D eigenvalue weighted by Gasteiger charge is 2.49. The van der Waals surface area contributed by atoms with Crippen LogP contribution in [0.2, 0.25) is 0 Å². The second-order valence-electron chi connectivity index (χ2n) is 6.38. The summed E-state index contributed by atoms with van der Waals surface area (Å²) < 4.78 is 0. The second-order valence-corrected chi connectivity index (χ2v) is 7.70. The molecule has 3 unspecified atom stereocenters. The largest absolute Gasteiger partial charge is 0.318 e. The van der Waals surface area contributed by atoms with Gasteiger partial charge in [0.25, 0.3) is 0 Å². The highest BCUT2D eigenvalue weighted by atomic mass is 32.1. The second kappa shape index (κ2) is 5.49. The predicted octanol–water partition coefficient (Wildman–Crippen LogP) is 3.70. The van der Waals surface area contributed by atoms with Crippen LogP contribution in [0.3, 0.4) is 0 Å². The zero-order valence-electron chi connectivity index (χ0n) is 13.4. The van der Waals surface area contributed by atoms with Crippen molar-refractivity contribution in [3.63, 3.8) is 0 Å². The van der Waals surface area contributed by atoms with E-state index in [0.29, 0.717) is 5.92 Å². The summed E-state index contributed by atoms with van der Waals surface area (Å²) >= 11 is 1.77. The van der Waals surface area contributed by atoms with E-state index < -0.39 is 5.54 Å². The van der Waals surface area contributed by atoms with Crippen LogP contribution in [0.25, 0.3) is 0 Å². The van der Waals surface area contributed by atoms with Gasteiger partial charge in [0.15, 0.2) is 0 Å². The summed E-state index contributed by atoms with van der Waals surface area (Å²) in [6, 6.07) is 4.51. The zero-order chi connectivity index (χ0) is 15.1. The average Bonchev–Trinajstić information content (AvgIpc) is 2.93. The Kier molecular flexibility index (Phi) is 4.26. The standard InChI is InChI=1S/C16H26N2OS/c1-7-16(6)15(19)18(12(5)10(2)3)14(17-16)13-9-8-11(4)20-13/h8-10,12,14,17H,7H2,1-6H3. The topological polar surface area (TPSA) is 32.3 Å². The fourth-order valence-corrected chi connectivity index (χ4v) is 3.57. The Bertz CT molecular complexity index is 496. The molecule has 0 aliphatic carbocycles. The minimum absolute atomic E-state index is 0.0172. The van der Waals surface area contributed by atoms with Crippen molar-refractivity contribution in [3.8, 4) is 0 Å². The van der Waals surface area contributed by atoms with Crippen LogP contribution in [0.15, 0.2) is 12.1 Å². The molecule has 0 saturated carbocycles. The van der Waals surface area contributed by atoms with Gasteiger partial charge in [0.05, 0.1) is 5.54 Å². The van der Waals surface area contributed by atoms with Gasteiger partial charge in [0.1, 0.15) is 6.17 Å². The zero-order valence-corrected chi connectivity index (χ0v) is 14.2. The highest BCUT2D eigenvalue weighted by Crippen LogP contribution is 2.38. The molecule has 4 heteroatoms. The number of thiophene rings is 1. The molecule has 1 N–H and O–H groups in total. The van der Waals surface area contributed by atoms with Crippen LogP contribution in [0.5, 0.6) is 0 Å². The van der Waals surface area contributed by atoms with Crippen LogP contribution < -0.4 is 5.32 Å². The molecule has 1 aliphatic heterocycles. The predicted molar refractivity (Wildman–Crippen MR) is 84.8 cm³/mol. The molecular formula is C16H26N2OS. The van der Waals surface area contributed by atoms with E-state index in [4.69, 9.17) is 0 Å². The lowest BCUT2D eigenvalue weighted by molar-refractivity contribution is -0.135. The molecule has 3 nitrogen and oxygen atoms in total. The summed E-state index contributed by atoms with van der Waals surface area (Å²) in [5, 5.41) is 3.57. The van der Waals surface area contributed by atoms with Gasteiger partial charge in [-0.05, 0) is 45.2 Å². The molecule has 112 valence electrons. The first-order valence-electron chi connectivity index (χ1n) is 7.47. The number of rotatable bonds is 4. The van der Waals surface area contributed by atoms with Crippen LogP contribution in [0, 0.1) is 12.8 Å². The Morgan fingerprint density at radius 1 is 1.40 bits per heavy atom. The van der Waals surface area contributed by atoms with E-state index in [1.165, 1.54) is 9.75 Å². The van der Waals surface area contributed by atoms with Crippen LogP contribution in [0.4, 0.5) is 0 Å². The van der Waals surface area contributed by atoms with Crippen molar-refractivity contribution in [2.24, 2.45) is 5.92 Å². The van der Waals surface area contributed by atoms with Gasteiger partial charge in [-0.1, -0.05) is 20.8 Å². The maximum absolute atomic E-state index is 12.9. The molecule has 0 radical (unpaired) electrons. The molecule has 1 aromatic heterocycles. The molecule has 1 aliphatic rings. The van der Waals surface area contributed by atoms with E-state index in [1.54, 1.807) is 11.3 Å². The van der Waals surface area contributed by atoms with E-state index in [-0.39, 0.29) is 18.1 Å². The first-order valence-corrected chi connectivity index (χ1v) is 8.28. The molecule has 1 saturated heterocycles. The molecule has 0 bridgehead atoms. The van der Waals surface area contributed by atoms with Crippen LogP contribution >= 0.6 is 11.3 Å². The van der Waals surface area contributed by atoms with E-state index in [2.05, 4.69) is 57.0 Å². The molecule has 2 heterocycles. The van der Waals surface area contributed by atoms with Crippen molar-refractivity contribution in [1.82, 2.24) is 10.2 Å². The summed E-state index contributed by atoms with van der Waals surface area (Å²) in [6.45, 7) is 12.7. The van der Waals surface area contributed by atoms with Gasteiger partial charge < -0.3 is 4.90 Å². The molecule has 2 rings (SSSR count). The highest BCUT2D eigenvalue weighted by molar-refractivity contribution is 7.12. The summed E-state index contributed by atoms with van der Waals surface area (Å²) in [5.41, 5.74) is -0.439. The molecule has 3 atom stereocenters. The first kappa shape index (κ1) is 15.5. The van der Waals surface area contributed by atoms with Crippen LogP contribution in [-0.2, 0) is 4.79 Å². The van der Waals surface area contributed by atoms with Crippen molar-refractivity contribution in [2.75, 3.05) is 0 Å². The number of hydrogen-bond acceptors (Lipinski definition) is 3. The lowest BCUT2D eigenvalue weighted by atomic mass is 9.97. The third-order valence-electron chi connectivity index (χ3n) is 4.58. The summed E-state index contributed by atoms with van der Waals surface area (Å²) in [6.07, 6.45) is 0.831. The van der Waals surface area contributed by atoms with Crippen LogP contribution in [0.1, 0.15) is 57.0 Å². The number of carbonyl (C=O) groups is 1. The maximum Gasteiger partial charge on any atom is 0.244 e. The van der Waals surface area contributed by atoms with Gasteiger partial charge in [-0.25, -0.2) is 0 Å². The molecule has 1 fully saturated rings. The maximum atomic E-state index is 12.9. The van der Waals surface area contributed by atoms with Crippen molar-refractivity contribution in [1.29, 1.82) is 0 Å². The minimum atomic E-state index is -0.439. The normalized spacial score (nSPS) is 28.4. The van der Waals surface area contributed by atoms with Crippen molar-refractivity contribution < 1.29 is 4.79 Å². The third-order valence-corrected chi connectivity index (χ3v) is 5.63. The lowest BCUT2D eigenvalue weighted by Crippen LogP contribution is -2.45. The number of carbonyl (C=O) groups excluding carboxylic acids is 1. The van der Waals surface area contributed by atoms with Gasteiger partial charge in [0.2, 0.25) is 5.91 Å². The molecule has 0 aromatic carbocycles. The van der Waals surface area contributed by atoms with E-state index in [1.807, 2.05) is 6.92 Å². The Labute approximate surface area is 126 Å². The number of hydrogen-bond donors (Lipinski definition) is 1. The molecule has 0 spiro atoms. The van der Waals surface area contributed by atoms with Gasteiger partial charge in [-0.3, -0.25) is 10.1 Å². The van der Waals surface area contributed by atoms with E-state index >= 15 is 0 Å². The fourth-order valence-electron chi connectivity index (χ4n) is 2.64. The molecule has 1 aromatic rings. The van der Waals surface area contributed by atoms with E-state index in [0.717, 1.165) is 6.42 Å². The molecular weight excluding hydrogens is 268 g/mol. The Hall–Kier alpha value is -0.870. The quantitative estimate of drug-likeness (QED) is 0.918. The lowest BCUT2D eigenvalue weighted by Gasteiger charge is -2.32. The average molecular weight is 294 g/mol. The Balaban J connectivity index is 2.40. The van der Waals surface area contributed by atoms with Gasteiger partial charge in [-0.15, -0.1) is 11.3 Å². The van der Waals surface area contributed by atoms with Gasteiger partial charge in [-0.2, -0.15) is 0 Å². The molecule has 20 heavy (non-hydrogen) atoms. The smallest absolute Gasteiger partial charge is 0.244 e. The third kappa shape index (κ3) is 2.51. The first-order chi connectivity index (χ1) is 9.30. The van der Waals surface area contributed by atoms with Crippen LogP contribution in [-0.4, -0.2) is 22.4 Å². The minimum Gasteiger partial charge on any atom is -0.318 e. The Morgan fingerprint density at radius 3 is 2.50 bits per heavy atom. The number of nitrogens with one attached hydrogen (secondary N) is 1. The van der Waals surface area contributed by atoms with Crippen molar-refractivity contribution in [3.05, 3.63) is 21.9 Å². The van der Waals surface area contributed by atoms with E-state index in [9.17, 15) is 4.79 Å². The number of aryl methyl sites for hydroxylation is 1. The molecule has 1 amide bonds. The fraction of sp³-hybridized carbons (Fsp3) is 0.688. The summed E-state index contributed by atoms with van der Waals surface area (Å²) in [4.78, 5) is 17.4. The summed E-state index contributed by atoms with van der Waals surface area (Å²) in [7, 11) is 0. The van der Waals surface area contributed by atoms with Gasteiger partial charge in [0, 0.05) is 15.8 Å². The van der Waals surface area contributed by atoms with Crippen molar-refractivity contribution in [2.45, 2.75) is 65.7 Å².